The van der Waals surface area contributed by atoms with Crippen LogP contribution in [-0.2, 0) is 0 Å². The Hall–Kier alpha value is -8.15. The van der Waals surface area contributed by atoms with E-state index >= 15 is 0 Å². The number of hydrogen-bond donors (Lipinski definition) is 0. The van der Waals surface area contributed by atoms with E-state index in [1.54, 1.807) is 0 Å². The molecule has 0 atom stereocenters. The quantitative estimate of drug-likeness (QED) is 0.158. The lowest BCUT2D eigenvalue weighted by Crippen LogP contribution is -2.01. The van der Waals surface area contributed by atoms with Crippen LogP contribution in [0.25, 0.3) is 99.4 Å². The molecule has 0 N–H and O–H groups in total. The number of pyridine rings is 2. The molecule has 0 aliphatic rings. The fourth-order valence-electron chi connectivity index (χ4n) is 8.83. The van der Waals surface area contributed by atoms with Gasteiger partial charge in [-0.3, -0.25) is 13.6 Å². The highest BCUT2D eigenvalue weighted by molar-refractivity contribution is 6.10. The number of nitrogens with zero attached hydrogens (tertiary/aromatic N) is 4. The van der Waals surface area contributed by atoms with Crippen LogP contribution >= 0.6 is 0 Å². The summed E-state index contributed by atoms with van der Waals surface area (Å²) in [4.78, 5) is 24.1. The second kappa shape index (κ2) is 13.5. The van der Waals surface area contributed by atoms with E-state index in [9.17, 15) is 4.79 Å². The van der Waals surface area contributed by atoms with Crippen LogP contribution in [0.4, 0.5) is 0 Å². The van der Waals surface area contributed by atoms with Crippen molar-refractivity contribution in [2.24, 2.45) is 0 Å². The van der Waals surface area contributed by atoms with Crippen LogP contribution in [-0.4, -0.2) is 24.6 Å². The van der Waals surface area contributed by atoms with E-state index in [1.807, 2.05) is 36.4 Å². The van der Waals surface area contributed by atoms with Crippen LogP contribution in [0.1, 0.15) is 15.9 Å². The molecule has 12 aromatic rings. The standard InChI is InChI=1S/C55H34N4O/c60-53(45-17-7-15-41(31-45)37-11-5-13-39(29-37)43-21-23-49-51(33-43)58-27-25-35-9-1-3-19-47(35)54(58)56-49)46-18-8-16-42(32-46)38-12-6-14-40(30-38)44-22-24-50-52(34-44)59-28-26-36-10-2-4-20-48(36)55(59)57-50/h1-34H. The van der Waals surface area contributed by atoms with E-state index in [4.69, 9.17) is 9.97 Å². The zero-order chi connectivity index (χ0) is 39.7. The fourth-order valence-corrected chi connectivity index (χ4v) is 8.83. The second-order valence-corrected chi connectivity index (χ2v) is 15.5. The Morgan fingerprint density at radius 2 is 0.733 bits per heavy atom. The lowest BCUT2D eigenvalue weighted by Gasteiger charge is -2.10. The SMILES string of the molecule is O=C(c1cccc(-c2cccc(-c3ccc4nc5c6ccccc6ccn5c4c3)c2)c1)c1cccc(-c2cccc(-c3ccc4nc5c6ccccc6ccn5c4c3)c2)c1. The molecule has 0 unspecified atom stereocenters. The molecule has 280 valence electrons. The van der Waals surface area contributed by atoms with E-state index < -0.39 is 0 Å². The normalized spacial score (nSPS) is 11.7. The van der Waals surface area contributed by atoms with Crippen LogP contribution in [0.5, 0.6) is 0 Å². The van der Waals surface area contributed by atoms with E-state index in [2.05, 4.69) is 179 Å². The molecule has 0 amide bonds. The van der Waals surface area contributed by atoms with Crippen LogP contribution in [0.15, 0.2) is 207 Å². The molecule has 0 saturated heterocycles. The molecule has 4 aromatic heterocycles. The fraction of sp³-hybridized carbons (Fsp3) is 0. The molecule has 0 bridgehead atoms. The molecule has 12 rings (SSSR count). The Morgan fingerprint density at radius 3 is 1.18 bits per heavy atom. The van der Waals surface area contributed by atoms with Crippen molar-refractivity contribution in [3.8, 4) is 44.5 Å². The molecule has 60 heavy (non-hydrogen) atoms. The number of aromatic nitrogens is 4. The number of imidazole rings is 2. The molecule has 0 saturated carbocycles. The summed E-state index contributed by atoms with van der Waals surface area (Å²) in [5.74, 6) is -0.0119. The molecule has 0 aliphatic carbocycles. The van der Waals surface area contributed by atoms with Crippen molar-refractivity contribution in [3.05, 3.63) is 218 Å². The first-order chi connectivity index (χ1) is 29.6. The summed E-state index contributed by atoms with van der Waals surface area (Å²) in [5, 5.41) is 4.63. The van der Waals surface area contributed by atoms with Crippen molar-refractivity contribution in [2.45, 2.75) is 0 Å². The zero-order valence-electron chi connectivity index (χ0n) is 32.3. The predicted molar refractivity (Wildman–Crippen MR) is 246 cm³/mol. The first-order valence-corrected chi connectivity index (χ1v) is 20.2. The Balaban J connectivity index is 0.834. The second-order valence-electron chi connectivity index (χ2n) is 15.5. The number of fused-ring (bicyclic) bond motifs is 10. The third-order valence-corrected chi connectivity index (χ3v) is 11.9. The molecule has 8 aromatic carbocycles. The molecule has 0 aliphatic heterocycles. The first kappa shape index (κ1) is 33.9. The van der Waals surface area contributed by atoms with Crippen LogP contribution in [0.3, 0.4) is 0 Å². The zero-order valence-corrected chi connectivity index (χ0v) is 32.3. The largest absolute Gasteiger partial charge is 0.299 e. The number of carbonyl (C=O) groups is 1. The molecular weight excluding hydrogens is 733 g/mol. The van der Waals surface area contributed by atoms with Gasteiger partial charge in [-0.2, -0.15) is 0 Å². The van der Waals surface area contributed by atoms with E-state index in [1.165, 1.54) is 10.8 Å². The number of benzene rings is 8. The van der Waals surface area contributed by atoms with Gasteiger partial charge in [-0.05, 0) is 116 Å². The van der Waals surface area contributed by atoms with Crippen LogP contribution in [0, 0.1) is 0 Å². The summed E-state index contributed by atoms with van der Waals surface area (Å²) < 4.78 is 4.35. The third-order valence-electron chi connectivity index (χ3n) is 11.9. The molecule has 0 spiro atoms. The van der Waals surface area contributed by atoms with E-state index in [0.717, 1.165) is 88.6 Å². The third kappa shape index (κ3) is 5.59. The molecular formula is C55H34N4O. The smallest absolute Gasteiger partial charge is 0.193 e. The molecule has 4 heterocycles. The lowest BCUT2D eigenvalue weighted by molar-refractivity contribution is 0.103. The van der Waals surface area contributed by atoms with Crippen LogP contribution < -0.4 is 0 Å². The maximum Gasteiger partial charge on any atom is 0.193 e. The molecule has 5 heteroatoms. The van der Waals surface area contributed by atoms with Gasteiger partial charge in [0.2, 0.25) is 0 Å². The van der Waals surface area contributed by atoms with Crippen LogP contribution in [0.2, 0.25) is 0 Å². The summed E-state index contributed by atoms with van der Waals surface area (Å²) in [6, 6.07) is 66.9. The molecule has 0 radical (unpaired) electrons. The van der Waals surface area contributed by atoms with Gasteiger partial charge in [-0.1, -0.05) is 133 Å². The lowest BCUT2D eigenvalue weighted by atomic mass is 9.94. The van der Waals surface area contributed by atoms with Gasteiger partial charge in [0.25, 0.3) is 0 Å². The van der Waals surface area contributed by atoms with Crippen molar-refractivity contribution in [3.63, 3.8) is 0 Å². The van der Waals surface area contributed by atoms with Crippen molar-refractivity contribution in [1.29, 1.82) is 0 Å². The molecule has 5 nitrogen and oxygen atoms in total. The Morgan fingerprint density at radius 1 is 0.350 bits per heavy atom. The molecule has 0 fully saturated rings. The summed E-state index contributed by atoms with van der Waals surface area (Å²) in [6.45, 7) is 0. The monoisotopic (exact) mass is 766 g/mol. The highest BCUT2D eigenvalue weighted by Gasteiger charge is 2.15. The van der Waals surface area contributed by atoms with Gasteiger partial charge in [0, 0.05) is 34.3 Å². The van der Waals surface area contributed by atoms with Crippen molar-refractivity contribution in [2.75, 3.05) is 0 Å². The van der Waals surface area contributed by atoms with Crippen molar-refractivity contribution >= 4 is 60.7 Å². The number of ketones is 1. The average Bonchev–Trinajstić information content (AvgIpc) is 3.90. The summed E-state index contributed by atoms with van der Waals surface area (Å²) in [6.07, 6.45) is 4.21. The summed E-state index contributed by atoms with van der Waals surface area (Å²) in [7, 11) is 0. The first-order valence-electron chi connectivity index (χ1n) is 20.2. The number of hydrogen-bond acceptors (Lipinski definition) is 3. The van der Waals surface area contributed by atoms with Crippen molar-refractivity contribution in [1.82, 2.24) is 18.8 Å². The highest BCUT2D eigenvalue weighted by atomic mass is 16.1. The van der Waals surface area contributed by atoms with Gasteiger partial charge in [0.05, 0.1) is 22.1 Å². The number of carbonyl (C=O) groups excluding carboxylic acids is 1. The van der Waals surface area contributed by atoms with E-state index in [-0.39, 0.29) is 5.78 Å². The van der Waals surface area contributed by atoms with Gasteiger partial charge in [0.1, 0.15) is 11.3 Å². The van der Waals surface area contributed by atoms with Gasteiger partial charge in [-0.25, -0.2) is 9.97 Å². The minimum absolute atomic E-state index is 0.0119. The summed E-state index contributed by atoms with van der Waals surface area (Å²) >= 11 is 0. The minimum Gasteiger partial charge on any atom is -0.299 e. The number of rotatable bonds is 6. The Bertz CT molecular complexity index is 3460. The van der Waals surface area contributed by atoms with Gasteiger partial charge in [-0.15, -0.1) is 0 Å². The maximum absolute atomic E-state index is 14.1. The Kier molecular flexibility index (Phi) is 7.62. The maximum atomic E-state index is 14.1. The van der Waals surface area contributed by atoms with Crippen molar-refractivity contribution < 1.29 is 4.79 Å². The summed E-state index contributed by atoms with van der Waals surface area (Å²) in [5.41, 5.74) is 15.8. The topological polar surface area (TPSA) is 51.7 Å². The van der Waals surface area contributed by atoms with Gasteiger partial charge < -0.3 is 0 Å². The Labute approximate surface area is 345 Å². The van der Waals surface area contributed by atoms with Gasteiger partial charge >= 0.3 is 0 Å². The van der Waals surface area contributed by atoms with Gasteiger partial charge in [0.15, 0.2) is 5.78 Å². The minimum atomic E-state index is -0.0119. The predicted octanol–water partition coefficient (Wildman–Crippen LogP) is 13.5. The highest BCUT2D eigenvalue weighted by Crippen LogP contribution is 2.34. The average molecular weight is 767 g/mol. The van der Waals surface area contributed by atoms with E-state index in [0.29, 0.717) is 11.1 Å².